The van der Waals surface area contributed by atoms with Gasteiger partial charge in [0.15, 0.2) is 0 Å². The number of aromatic nitrogens is 1. The van der Waals surface area contributed by atoms with Crippen LogP contribution in [0.3, 0.4) is 0 Å². The summed E-state index contributed by atoms with van der Waals surface area (Å²) >= 11 is 0. The van der Waals surface area contributed by atoms with E-state index >= 15 is 0 Å². The Morgan fingerprint density at radius 2 is 2.00 bits per heavy atom. The summed E-state index contributed by atoms with van der Waals surface area (Å²) in [7, 11) is 0. The van der Waals surface area contributed by atoms with Gasteiger partial charge >= 0.3 is 0 Å². The molecule has 1 N–H and O–H groups in total. The molecule has 0 radical (unpaired) electrons. The average Bonchev–Trinajstić information content (AvgIpc) is 2.73. The highest BCUT2D eigenvalue weighted by molar-refractivity contribution is 5.92. The van der Waals surface area contributed by atoms with Crippen LogP contribution in [-0.4, -0.2) is 11.1 Å². The van der Waals surface area contributed by atoms with Gasteiger partial charge in [0.2, 0.25) is 5.91 Å². The Balaban J connectivity index is 2.12. The number of hydrogen-bond acceptors (Lipinski definition) is 3. The zero-order chi connectivity index (χ0) is 14.8. The highest BCUT2D eigenvalue weighted by atomic mass is 16.5. The lowest BCUT2D eigenvalue weighted by Gasteiger charge is -2.22. The van der Waals surface area contributed by atoms with E-state index in [0.717, 1.165) is 11.3 Å². The molecule has 106 valence electrons. The largest absolute Gasteiger partial charge is 0.361 e. The normalized spacial score (nSPS) is 11.4. The van der Waals surface area contributed by atoms with Crippen LogP contribution in [0.15, 0.2) is 34.9 Å². The Morgan fingerprint density at radius 3 is 2.60 bits per heavy atom. The summed E-state index contributed by atoms with van der Waals surface area (Å²) in [4.78, 5) is 12.1. The number of anilines is 1. The summed E-state index contributed by atoms with van der Waals surface area (Å²) in [5, 5.41) is 6.79. The highest BCUT2D eigenvalue weighted by Gasteiger charge is 2.18. The first-order chi connectivity index (χ1) is 9.36. The fourth-order valence-electron chi connectivity index (χ4n) is 2.11. The molecule has 0 aliphatic heterocycles. The second-order valence-electron chi connectivity index (χ2n) is 5.95. The first-order valence-electron chi connectivity index (χ1n) is 6.68. The molecule has 4 heteroatoms. The lowest BCUT2D eigenvalue weighted by atomic mass is 9.86. The van der Waals surface area contributed by atoms with Crippen molar-refractivity contribution in [2.75, 3.05) is 5.32 Å². The average molecular weight is 272 g/mol. The standard InChI is InChI=1S/C16H20N2O2/c1-11-9-12(18-20-11)10-15(19)17-14-8-6-5-7-13(14)16(2,3)4/h5-9H,10H2,1-4H3,(H,17,19). The summed E-state index contributed by atoms with van der Waals surface area (Å²) in [6.45, 7) is 8.18. The Morgan fingerprint density at radius 1 is 1.30 bits per heavy atom. The summed E-state index contributed by atoms with van der Waals surface area (Å²) < 4.78 is 4.96. The maximum atomic E-state index is 12.1. The van der Waals surface area contributed by atoms with Gasteiger partial charge in [0.1, 0.15) is 5.76 Å². The van der Waals surface area contributed by atoms with Gasteiger partial charge in [-0.1, -0.05) is 44.1 Å². The fourth-order valence-corrected chi connectivity index (χ4v) is 2.11. The molecule has 1 amide bonds. The number of para-hydroxylation sites is 1. The van der Waals surface area contributed by atoms with Crippen LogP contribution in [0, 0.1) is 6.92 Å². The van der Waals surface area contributed by atoms with E-state index in [-0.39, 0.29) is 17.7 Å². The van der Waals surface area contributed by atoms with Crippen molar-refractivity contribution in [3.63, 3.8) is 0 Å². The van der Waals surface area contributed by atoms with E-state index in [1.54, 1.807) is 6.07 Å². The molecule has 20 heavy (non-hydrogen) atoms. The molecule has 1 aromatic heterocycles. The number of carbonyl (C=O) groups is 1. The minimum Gasteiger partial charge on any atom is -0.361 e. The molecule has 2 aromatic rings. The summed E-state index contributed by atoms with van der Waals surface area (Å²) in [6, 6.07) is 9.64. The number of nitrogens with one attached hydrogen (secondary N) is 1. The van der Waals surface area contributed by atoms with Gasteiger partial charge in [-0.05, 0) is 24.0 Å². The maximum Gasteiger partial charge on any atom is 0.230 e. The Kier molecular flexibility index (Phi) is 3.93. The Labute approximate surface area is 119 Å². The van der Waals surface area contributed by atoms with Gasteiger partial charge in [-0.3, -0.25) is 4.79 Å². The zero-order valence-corrected chi connectivity index (χ0v) is 12.4. The van der Waals surface area contributed by atoms with Crippen LogP contribution in [-0.2, 0) is 16.6 Å². The first kappa shape index (κ1) is 14.3. The number of aryl methyl sites for hydroxylation is 1. The van der Waals surface area contributed by atoms with E-state index < -0.39 is 0 Å². The van der Waals surface area contributed by atoms with Crippen LogP contribution >= 0.6 is 0 Å². The quantitative estimate of drug-likeness (QED) is 0.931. The van der Waals surface area contributed by atoms with Gasteiger partial charge in [0.05, 0.1) is 12.1 Å². The topological polar surface area (TPSA) is 55.1 Å². The van der Waals surface area contributed by atoms with Gasteiger partial charge in [0, 0.05) is 11.8 Å². The second-order valence-corrected chi connectivity index (χ2v) is 5.95. The number of nitrogens with zero attached hydrogens (tertiary/aromatic N) is 1. The SMILES string of the molecule is Cc1cc(CC(=O)Nc2ccccc2C(C)(C)C)no1. The summed E-state index contributed by atoms with van der Waals surface area (Å²) in [5.74, 6) is 0.623. The lowest BCUT2D eigenvalue weighted by molar-refractivity contribution is -0.115. The first-order valence-corrected chi connectivity index (χ1v) is 6.68. The number of benzene rings is 1. The highest BCUT2D eigenvalue weighted by Crippen LogP contribution is 2.29. The molecule has 0 saturated carbocycles. The third-order valence-electron chi connectivity index (χ3n) is 3.03. The fraction of sp³-hybridized carbons (Fsp3) is 0.375. The van der Waals surface area contributed by atoms with E-state index in [1.165, 1.54) is 0 Å². The van der Waals surface area contributed by atoms with Crippen LogP contribution in [0.5, 0.6) is 0 Å². The van der Waals surface area contributed by atoms with Gasteiger partial charge in [-0.2, -0.15) is 0 Å². The van der Waals surface area contributed by atoms with Crippen molar-refractivity contribution in [2.45, 2.75) is 39.5 Å². The number of hydrogen-bond donors (Lipinski definition) is 1. The van der Waals surface area contributed by atoms with Crippen LogP contribution in [0.1, 0.15) is 37.8 Å². The number of amides is 1. The molecule has 0 fully saturated rings. The van der Waals surface area contributed by atoms with E-state index in [0.29, 0.717) is 11.5 Å². The predicted molar refractivity (Wildman–Crippen MR) is 78.7 cm³/mol. The van der Waals surface area contributed by atoms with Gasteiger partial charge in [-0.15, -0.1) is 0 Å². The molecule has 0 saturated heterocycles. The molecule has 0 aliphatic carbocycles. The van der Waals surface area contributed by atoms with Crippen molar-refractivity contribution in [3.05, 3.63) is 47.3 Å². The Bertz CT molecular complexity index is 609. The van der Waals surface area contributed by atoms with Crippen molar-refractivity contribution in [3.8, 4) is 0 Å². The minimum atomic E-state index is -0.0880. The predicted octanol–water partition coefficient (Wildman–Crippen LogP) is 3.46. The molecular formula is C16H20N2O2. The molecular weight excluding hydrogens is 252 g/mol. The van der Waals surface area contributed by atoms with Gasteiger partial charge < -0.3 is 9.84 Å². The summed E-state index contributed by atoms with van der Waals surface area (Å²) in [6.07, 6.45) is 0.218. The van der Waals surface area contributed by atoms with Crippen molar-refractivity contribution in [1.29, 1.82) is 0 Å². The monoisotopic (exact) mass is 272 g/mol. The van der Waals surface area contributed by atoms with E-state index in [1.807, 2.05) is 31.2 Å². The third kappa shape index (κ3) is 3.47. The lowest BCUT2D eigenvalue weighted by Crippen LogP contribution is -2.20. The molecule has 0 bridgehead atoms. The summed E-state index contributed by atoms with van der Waals surface area (Å²) in [5.41, 5.74) is 2.59. The zero-order valence-electron chi connectivity index (χ0n) is 12.4. The van der Waals surface area contributed by atoms with E-state index in [2.05, 4.69) is 31.2 Å². The molecule has 4 nitrogen and oxygen atoms in total. The van der Waals surface area contributed by atoms with Crippen LogP contribution in [0.2, 0.25) is 0 Å². The molecule has 2 rings (SSSR count). The van der Waals surface area contributed by atoms with Gasteiger partial charge in [-0.25, -0.2) is 0 Å². The molecule has 1 aromatic carbocycles. The van der Waals surface area contributed by atoms with Crippen LogP contribution in [0.4, 0.5) is 5.69 Å². The number of carbonyl (C=O) groups excluding carboxylic acids is 1. The molecule has 0 unspecified atom stereocenters. The second kappa shape index (κ2) is 5.49. The van der Waals surface area contributed by atoms with E-state index in [4.69, 9.17) is 4.52 Å². The van der Waals surface area contributed by atoms with Crippen molar-refractivity contribution in [1.82, 2.24) is 5.16 Å². The van der Waals surface area contributed by atoms with Crippen molar-refractivity contribution < 1.29 is 9.32 Å². The minimum absolute atomic E-state index is 0.0195. The Hall–Kier alpha value is -2.10. The maximum absolute atomic E-state index is 12.1. The van der Waals surface area contributed by atoms with Gasteiger partial charge in [0.25, 0.3) is 0 Å². The van der Waals surface area contributed by atoms with Crippen LogP contribution in [0.25, 0.3) is 0 Å². The molecule has 1 heterocycles. The number of rotatable bonds is 3. The van der Waals surface area contributed by atoms with Crippen LogP contribution < -0.4 is 5.32 Å². The van der Waals surface area contributed by atoms with E-state index in [9.17, 15) is 4.79 Å². The third-order valence-corrected chi connectivity index (χ3v) is 3.03. The molecule has 0 spiro atoms. The smallest absolute Gasteiger partial charge is 0.230 e. The molecule has 0 atom stereocenters. The van der Waals surface area contributed by atoms with Crippen molar-refractivity contribution >= 4 is 11.6 Å². The van der Waals surface area contributed by atoms with Crippen molar-refractivity contribution in [2.24, 2.45) is 0 Å². The molecule has 0 aliphatic rings.